The summed E-state index contributed by atoms with van der Waals surface area (Å²) in [4.78, 5) is 28.3. The molecule has 3 aliphatic carbocycles. The first kappa shape index (κ1) is 27.3. The van der Waals surface area contributed by atoms with Gasteiger partial charge in [-0.3, -0.25) is 9.59 Å². The summed E-state index contributed by atoms with van der Waals surface area (Å²) in [6.07, 6.45) is 5.30. The molecule has 0 spiro atoms. The van der Waals surface area contributed by atoms with E-state index in [4.69, 9.17) is 14.6 Å². The van der Waals surface area contributed by atoms with Crippen molar-refractivity contribution in [1.29, 1.82) is 0 Å². The summed E-state index contributed by atoms with van der Waals surface area (Å²) in [6.45, 7) is 0.625. The van der Waals surface area contributed by atoms with Gasteiger partial charge < -0.3 is 29.9 Å². The number of rotatable bonds is 11. The van der Waals surface area contributed by atoms with Gasteiger partial charge in [0.05, 0.1) is 22.8 Å². The Labute approximate surface area is 226 Å². The van der Waals surface area contributed by atoms with Gasteiger partial charge in [-0.15, -0.1) is 0 Å². The van der Waals surface area contributed by atoms with E-state index < -0.39 is 18.2 Å². The van der Waals surface area contributed by atoms with Crippen molar-refractivity contribution in [2.45, 2.75) is 56.8 Å². The molecule has 9 heteroatoms. The van der Waals surface area contributed by atoms with E-state index in [1.165, 1.54) is 19.3 Å². The molecule has 0 saturated heterocycles. The number of hydrogen-bond donors (Lipinski definition) is 3. The zero-order valence-electron chi connectivity index (χ0n) is 20.8. The zero-order chi connectivity index (χ0) is 25.7. The minimum Gasteiger partial charge on any atom is -0.482 e. The highest BCUT2D eigenvalue weighted by Crippen LogP contribution is 2.49. The van der Waals surface area contributed by atoms with Crippen LogP contribution < -0.4 is 10.1 Å². The fraction of sp³-hybridized carbons (Fsp3) is 0.630. The fourth-order valence-corrected chi connectivity index (χ4v) is 6.61. The molecule has 3 aliphatic rings. The number of nitrogens with one attached hydrogen (secondary N) is 1. The number of aliphatic hydroxyl groups excluding tert-OH is 2. The Bertz CT molecular complexity index is 956. The van der Waals surface area contributed by atoms with Gasteiger partial charge in [0.2, 0.25) is 11.8 Å². The maximum absolute atomic E-state index is 13.7. The minimum absolute atomic E-state index is 0.00120. The van der Waals surface area contributed by atoms with Crippen molar-refractivity contribution in [3.63, 3.8) is 0 Å². The summed E-state index contributed by atoms with van der Waals surface area (Å²) in [5.74, 6) is 2.03. The van der Waals surface area contributed by atoms with Crippen molar-refractivity contribution in [2.75, 3.05) is 33.4 Å². The van der Waals surface area contributed by atoms with Crippen molar-refractivity contribution in [3.8, 4) is 5.75 Å². The highest BCUT2D eigenvalue weighted by molar-refractivity contribution is 14.1. The van der Waals surface area contributed by atoms with Crippen LogP contribution in [0.4, 0.5) is 0 Å². The van der Waals surface area contributed by atoms with Gasteiger partial charge in [0.15, 0.2) is 0 Å². The molecule has 0 heterocycles. The smallest absolute Gasteiger partial charge is 0.247 e. The van der Waals surface area contributed by atoms with Crippen molar-refractivity contribution in [3.05, 3.63) is 39.5 Å². The maximum Gasteiger partial charge on any atom is 0.247 e. The Kier molecular flexibility index (Phi) is 9.65. The van der Waals surface area contributed by atoms with E-state index in [0.29, 0.717) is 42.7 Å². The molecule has 0 aromatic heterocycles. The lowest BCUT2D eigenvalue weighted by molar-refractivity contribution is -0.140. The first-order chi connectivity index (χ1) is 17.4. The lowest BCUT2D eigenvalue weighted by atomic mass is 9.84. The standard InChI is InChI=1S/C27H37IN2O6/c1-35-11-9-30(25(32)16-19-13-17-6-7-18(19)12-17)22-14-20(27(34)29-8-10-31)15-24(26(22)33)36-23-5-3-2-4-21(23)28/h2-5,15,17-19,22,24,26,31,33H,6-14,16H2,1H3,(H,29,34)/t17?,18?,19?,22-,24+,26+/m1/s1. The van der Waals surface area contributed by atoms with Crippen LogP contribution in [0.3, 0.4) is 0 Å². The predicted molar refractivity (Wildman–Crippen MR) is 143 cm³/mol. The van der Waals surface area contributed by atoms with Crippen LogP contribution in [0.2, 0.25) is 0 Å². The summed E-state index contributed by atoms with van der Waals surface area (Å²) in [7, 11) is 1.59. The monoisotopic (exact) mass is 612 g/mol. The molecule has 198 valence electrons. The molecule has 1 aromatic rings. The second kappa shape index (κ2) is 12.7. The Hall–Kier alpha value is -1.69. The number of ether oxygens (including phenoxy) is 2. The molecule has 2 saturated carbocycles. The van der Waals surface area contributed by atoms with E-state index in [1.54, 1.807) is 18.1 Å². The maximum atomic E-state index is 13.7. The quantitative estimate of drug-likeness (QED) is 0.332. The molecule has 1 aromatic carbocycles. The van der Waals surface area contributed by atoms with Crippen LogP contribution >= 0.6 is 22.6 Å². The van der Waals surface area contributed by atoms with Gasteiger partial charge in [-0.25, -0.2) is 0 Å². The van der Waals surface area contributed by atoms with Crippen LogP contribution in [0, 0.1) is 21.3 Å². The highest BCUT2D eigenvalue weighted by atomic mass is 127. The number of hydrogen-bond acceptors (Lipinski definition) is 6. The number of benzene rings is 1. The van der Waals surface area contributed by atoms with Gasteiger partial charge in [0.25, 0.3) is 0 Å². The zero-order valence-corrected chi connectivity index (χ0v) is 22.9. The van der Waals surface area contributed by atoms with Gasteiger partial charge in [-0.2, -0.15) is 0 Å². The van der Waals surface area contributed by atoms with Crippen molar-refractivity contribution in [1.82, 2.24) is 10.2 Å². The second-order valence-corrected chi connectivity index (χ2v) is 11.3. The average Bonchev–Trinajstić information content (AvgIpc) is 3.49. The number of halogens is 1. The van der Waals surface area contributed by atoms with E-state index in [9.17, 15) is 14.7 Å². The van der Waals surface area contributed by atoms with Gasteiger partial charge in [-0.05, 0) is 77.8 Å². The summed E-state index contributed by atoms with van der Waals surface area (Å²) in [5.41, 5.74) is 0.435. The molecule has 3 N–H and O–H groups in total. The lowest BCUT2D eigenvalue weighted by Gasteiger charge is -2.41. The molecule has 2 fully saturated rings. The van der Waals surface area contributed by atoms with Gasteiger partial charge >= 0.3 is 0 Å². The third kappa shape index (κ3) is 6.41. The summed E-state index contributed by atoms with van der Waals surface area (Å²) in [5, 5.41) is 23.3. The minimum atomic E-state index is -1.02. The van der Waals surface area contributed by atoms with Gasteiger partial charge in [0.1, 0.15) is 18.0 Å². The number of carbonyl (C=O) groups excluding carboxylic acids is 2. The van der Waals surface area contributed by atoms with Crippen LogP contribution in [0.25, 0.3) is 0 Å². The molecule has 4 rings (SSSR count). The molecule has 0 radical (unpaired) electrons. The van der Waals surface area contributed by atoms with E-state index in [-0.39, 0.29) is 31.4 Å². The number of amides is 2. The number of fused-ring (bicyclic) bond motifs is 2. The molecule has 8 nitrogen and oxygen atoms in total. The first-order valence-electron chi connectivity index (χ1n) is 12.9. The van der Waals surface area contributed by atoms with Crippen LogP contribution in [0.15, 0.2) is 35.9 Å². The first-order valence-corrected chi connectivity index (χ1v) is 14.0. The van der Waals surface area contributed by atoms with Crippen LogP contribution in [-0.4, -0.2) is 78.6 Å². The predicted octanol–water partition coefficient (Wildman–Crippen LogP) is 2.51. The SMILES string of the molecule is COCCN(C(=O)CC1CC2CCC1C2)[C@@H]1CC(C(=O)NCCO)=C[C@H](Oc2ccccc2I)[C@H]1O. The number of methoxy groups -OCH3 is 1. The summed E-state index contributed by atoms with van der Waals surface area (Å²) >= 11 is 2.17. The number of carbonyl (C=O) groups is 2. The molecule has 0 aliphatic heterocycles. The lowest BCUT2D eigenvalue weighted by Crippen LogP contribution is -2.56. The molecule has 36 heavy (non-hydrogen) atoms. The van der Waals surface area contributed by atoms with E-state index in [0.717, 1.165) is 15.9 Å². The van der Waals surface area contributed by atoms with Crippen LogP contribution in [0.5, 0.6) is 5.75 Å². The van der Waals surface area contributed by atoms with E-state index in [2.05, 4.69) is 27.9 Å². The van der Waals surface area contributed by atoms with Crippen molar-refractivity contribution >= 4 is 34.4 Å². The van der Waals surface area contributed by atoms with Gasteiger partial charge in [0, 0.05) is 38.6 Å². The normalized spacial score (nSPS) is 29.1. The molecular formula is C27H37IN2O6. The topological polar surface area (TPSA) is 108 Å². The number of nitrogens with zero attached hydrogens (tertiary/aromatic N) is 1. The number of para-hydroxylation sites is 1. The molecule has 3 unspecified atom stereocenters. The van der Waals surface area contributed by atoms with Crippen LogP contribution in [-0.2, 0) is 14.3 Å². The number of aliphatic hydroxyl groups is 2. The highest BCUT2D eigenvalue weighted by Gasteiger charge is 2.44. The fourth-order valence-electron chi connectivity index (χ4n) is 6.10. The molecular weight excluding hydrogens is 575 g/mol. The average molecular weight is 613 g/mol. The summed E-state index contributed by atoms with van der Waals surface area (Å²) < 4.78 is 12.4. The largest absolute Gasteiger partial charge is 0.482 e. The Balaban J connectivity index is 1.57. The van der Waals surface area contributed by atoms with Crippen molar-refractivity contribution < 1.29 is 29.3 Å². The molecule has 2 amide bonds. The Morgan fingerprint density at radius 1 is 1.22 bits per heavy atom. The second-order valence-electron chi connectivity index (χ2n) is 10.2. The summed E-state index contributed by atoms with van der Waals surface area (Å²) in [6, 6.07) is 6.86. The third-order valence-corrected chi connectivity index (χ3v) is 8.78. The van der Waals surface area contributed by atoms with E-state index >= 15 is 0 Å². The Morgan fingerprint density at radius 2 is 2.03 bits per heavy atom. The third-order valence-electron chi connectivity index (χ3n) is 7.89. The molecule has 2 bridgehead atoms. The van der Waals surface area contributed by atoms with Gasteiger partial charge in [-0.1, -0.05) is 18.6 Å². The van der Waals surface area contributed by atoms with Crippen LogP contribution in [0.1, 0.15) is 38.5 Å². The van der Waals surface area contributed by atoms with E-state index in [1.807, 2.05) is 24.3 Å². The van der Waals surface area contributed by atoms with Crippen molar-refractivity contribution in [2.24, 2.45) is 17.8 Å². The molecule has 6 atom stereocenters. The Morgan fingerprint density at radius 3 is 2.69 bits per heavy atom.